The summed E-state index contributed by atoms with van der Waals surface area (Å²) in [5, 5.41) is 8.86. The zero-order valence-corrected chi connectivity index (χ0v) is 10.2. The summed E-state index contributed by atoms with van der Waals surface area (Å²) in [6, 6.07) is 2.34. The number of hydrogen-bond donors (Lipinski definition) is 0. The summed E-state index contributed by atoms with van der Waals surface area (Å²) in [6.07, 6.45) is 6.39. The second kappa shape index (κ2) is 3.83. The van der Waals surface area contributed by atoms with Crippen molar-refractivity contribution >= 4 is 0 Å². The lowest BCUT2D eigenvalue weighted by molar-refractivity contribution is 0.574. The molecule has 2 bridgehead atoms. The molecule has 0 saturated heterocycles. The number of nitrogens with zero attached hydrogens (tertiary/aromatic N) is 2. The van der Waals surface area contributed by atoms with Crippen LogP contribution in [0.4, 0.5) is 0 Å². The zero-order valence-electron chi connectivity index (χ0n) is 10.2. The standard InChI is InChI=1S/C14H20N2/c1-9(2)3-6-12-8-13-10-4-5-11(7-10)14(13)16-15-12/h8-11H,3-7H2,1-2H3/t10-,11-/m0/s1. The Bertz CT molecular complexity index is 398. The molecule has 1 fully saturated rings. The minimum Gasteiger partial charge on any atom is -0.155 e. The number of fused-ring (bicyclic) bond motifs is 5. The van der Waals surface area contributed by atoms with Crippen LogP contribution in [0.25, 0.3) is 0 Å². The fourth-order valence-electron chi connectivity index (χ4n) is 3.17. The van der Waals surface area contributed by atoms with Gasteiger partial charge in [0.1, 0.15) is 0 Å². The molecule has 0 aromatic carbocycles. The van der Waals surface area contributed by atoms with Gasteiger partial charge < -0.3 is 0 Å². The van der Waals surface area contributed by atoms with Gasteiger partial charge in [-0.2, -0.15) is 10.2 Å². The molecule has 1 heterocycles. The summed E-state index contributed by atoms with van der Waals surface area (Å²) < 4.78 is 0. The second-order valence-electron chi connectivity index (χ2n) is 5.82. The average Bonchev–Trinajstić information content (AvgIpc) is 2.87. The van der Waals surface area contributed by atoms with E-state index >= 15 is 0 Å². The molecule has 2 aliphatic rings. The van der Waals surface area contributed by atoms with E-state index in [-0.39, 0.29) is 0 Å². The molecule has 0 N–H and O–H groups in total. The molecule has 0 aliphatic heterocycles. The Morgan fingerprint density at radius 1 is 1.25 bits per heavy atom. The molecule has 0 amide bonds. The molecule has 1 saturated carbocycles. The fourth-order valence-corrected chi connectivity index (χ4v) is 3.17. The van der Waals surface area contributed by atoms with Crippen LogP contribution in [0.15, 0.2) is 6.07 Å². The van der Waals surface area contributed by atoms with Crippen LogP contribution in [0.1, 0.15) is 68.3 Å². The number of rotatable bonds is 3. The molecule has 2 heteroatoms. The first-order valence-electron chi connectivity index (χ1n) is 6.60. The molecule has 0 radical (unpaired) electrons. The van der Waals surface area contributed by atoms with E-state index in [9.17, 15) is 0 Å². The van der Waals surface area contributed by atoms with Crippen molar-refractivity contribution in [1.29, 1.82) is 0 Å². The van der Waals surface area contributed by atoms with Crippen molar-refractivity contribution in [3.8, 4) is 0 Å². The van der Waals surface area contributed by atoms with Crippen LogP contribution in [0, 0.1) is 5.92 Å². The highest BCUT2D eigenvalue weighted by Crippen LogP contribution is 2.51. The van der Waals surface area contributed by atoms with Crippen molar-refractivity contribution in [3.05, 3.63) is 23.0 Å². The van der Waals surface area contributed by atoms with E-state index < -0.39 is 0 Å². The molecule has 2 atom stereocenters. The van der Waals surface area contributed by atoms with E-state index in [1.54, 1.807) is 0 Å². The minimum atomic E-state index is 0.742. The van der Waals surface area contributed by atoms with Crippen LogP contribution in [0.3, 0.4) is 0 Å². The van der Waals surface area contributed by atoms with Crippen LogP contribution in [0.5, 0.6) is 0 Å². The third-order valence-electron chi connectivity index (χ3n) is 4.14. The first-order chi connectivity index (χ1) is 7.74. The SMILES string of the molecule is CC(C)CCc1cc2c(nn1)[C@H]1CC[C@H]2C1. The molecule has 0 spiro atoms. The van der Waals surface area contributed by atoms with Crippen LogP contribution in [0.2, 0.25) is 0 Å². The lowest BCUT2D eigenvalue weighted by Crippen LogP contribution is -2.06. The normalized spacial score (nSPS) is 26.4. The van der Waals surface area contributed by atoms with Gasteiger partial charge in [-0.05, 0) is 55.6 Å². The summed E-state index contributed by atoms with van der Waals surface area (Å²) in [5.74, 6) is 2.31. The summed E-state index contributed by atoms with van der Waals surface area (Å²) in [7, 11) is 0. The topological polar surface area (TPSA) is 25.8 Å². The minimum absolute atomic E-state index is 0.742. The summed E-state index contributed by atoms with van der Waals surface area (Å²) in [6.45, 7) is 4.53. The Balaban J connectivity index is 1.81. The predicted molar refractivity (Wildman–Crippen MR) is 64.5 cm³/mol. The van der Waals surface area contributed by atoms with Gasteiger partial charge in [-0.15, -0.1) is 0 Å². The smallest absolute Gasteiger partial charge is 0.0697 e. The van der Waals surface area contributed by atoms with E-state index in [1.165, 1.54) is 42.6 Å². The van der Waals surface area contributed by atoms with Gasteiger partial charge in [-0.25, -0.2) is 0 Å². The molecular weight excluding hydrogens is 196 g/mol. The Hall–Kier alpha value is -0.920. The van der Waals surface area contributed by atoms with Crippen molar-refractivity contribution in [3.63, 3.8) is 0 Å². The lowest BCUT2D eigenvalue weighted by Gasteiger charge is -2.14. The summed E-state index contributed by atoms with van der Waals surface area (Å²) in [5.41, 5.74) is 4.06. The van der Waals surface area contributed by atoms with Gasteiger partial charge >= 0.3 is 0 Å². The Morgan fingerprint density at radius 3 is 2.88 bits per heavy atom. The van der Waals surface area contributed by atoms with Crippen molar-refractivity contribution in [2.75, 3.05) is 0 Å². The fraction of sp³-hybridized carbons (Fsp3) is 0.714. The maximum Gasteiger partial charge on any atom is 0.0697 e. The quantitative estimate of drug-likeness (QED) is 0.773. The van der Waals surface area contributed by atoms with E-state index in [4.69, 9.17) is 0 Å². The second-order valence-corrected chi connectivity index (χ2v) is 5.82. The van der Waals surface area contributed by atoms with Crippen molar-refractivity contribution in [1.82, 2.24) is 10.2 Å². The van der Waals surface area contributed by atoms with Gasteiger partial charge in [0.25, 0.3) is 0 Å². The third-order valence-corrected chi connectivity index (χ3v) is 4.14. The van der Waals surface area contributed by atoms with Gasteiger partial charge in [-0.3, -0.25) is 0 Å². The van der Waals surface area contributed by atoms with Crippen molar-refractivity contribution in [2.24, 2.45) is 5.92 Å². The molecule has 16 heavy (non-hydrogen) atoms. The Labute approximate surface area is 97.5 Å². The van der Waals surface area contributed by atoms with Gasteiger partial charge in [0.15, 0.2) is 0 Å². The number of aryl methyl sites for hydroxylation is 1. The Kier molecular flexibility index (Phi) is 2.45. The largest absolute Gasteiger partial charge is 0.155 e. The van der Waals surface area contributed by atoms with Crippen molar-refractivity contribution in [2.45, 2.75) is 57.8 Å². The monoisotopic (exact) mass is 216 g/mol. The molecule has 2 nitrogen and oxygen atoms in total. The van der Waals surface area contributed by atoms with E-state index in [1.807, 2.05) is 0 Å². The first kappa shape index (κ1) is 10.2. The highest BCUT2D eigenvalue weighted by molar-refractivity contribution is 5.36. The van der Waals surface area contributed by atoms with Gasteiger partial charge in [0.05, 0.1) is 11.4 Å². The molecule has 0 unspecified atom stereocenters. The molecule has 1 aromatic rings. The molecule has 86 valence electrons. The van der Waals surface area contributed by atoms with E-state index in [2.05, 4.69) is 30.1 Å². The maximum absolute atomic E-state index is 4.47. The van der Waals surface area contributed by atoms with Gasteiger partial charge in [0.2, 0.25) is 0 Å². The molecule has 1 aromatic heterocycles. The van der Waals surface area contributed by atoms with E-state index in [0.717, 1.165) is 24.2 Å². The summed E-state index contributed by atoms with van der Waals surface area (Å²) in [4.78, 5) is 0. The van der Waals surface area contributed by atoms with Crippen LogP contribution in [-0.2, 0) is 6.42 Å². The van der Waals surface area contributed by atoms with Gasteiger partial charge in [0, 0.05) is 5.92 Å². The average molecular weight is 216 g/mol. The molecule has 2 aliphatic carbocycles. The number of hydrogen-bond acceptors (Lipinski definition) is 2. The van der Waals surface area contributed by atoms with Crippen LogP contribution >= 0.6 is 0 Å². The highest BCUT2D eigenvalue weighted by atomic mass is 15.1. The lowest BCUT2D eigenvalue weighted by atomic mass is 9.95. The van der Waals surface area contributed by atoms with E-state index in [0.29, 0.717) is 0 Å². The predicted octanol–water partition coefficient (Wildman–Crippen LogP) is 3.43. The van der Waals surface area contributed by atoms with Crippen molar-refractivity contribution < 1.29 is 0 Å². The third kappa shape index (κ3) is 1.64. The summed E-state index contributed by atoms with van der Waals surface area (Å²) >= 11 is 0. The Morgan fingerprint density at radius 2 is 2.06 bits per heavy atom. The molecule has 3 rings (SSSR count). The first-order valence-corrected chi connectivity index (χ1v) is 6.60. The van der Waals surface area contributed by atoms with Crippen LogP contribution in [-0.4, -0.2) is 10.2 Å². The highest BCUT2D eigenvalue weighted by Gasteiger charge is 2.38. The van der Waals surface area contributed by atoms with Gasteiger partial charge in [-0.1, -0.05) is 13.8 Å². The maximum atomic E-state index is 4.47. The molecular formula is C14H20N2. The zero-order chi connectivity index (χ0) is 11.1. The van der Waals surface area contributed by atoms with Crippen LogP contribution < -0.4 is 0 Å². The number of aromatic nitrogens is 2.